The molecule has 2 rings (SSSR count). The minimum absolute atomic E-state index is 0.523. The van der Waals surface area contributed by atoms with Gasteiger partial charge in [-0.15, -0.1) is 0 Å². The van der Waals surface area contributed by atoms with Gasteiger partial charge in [-0.3, -0.25) is 0 Å². The second-order valence-electron chi connectivity index (χ2n) is 4.26. The van der Waals surface area contributed by atoms with Crippen LogP contribution in [0.5, 0.6) is 0 Å². The molecule has 2 saturated heterocycles. The summed E-state index contributed by atoms with van der Waals surface area (Å²) in [5.41, 5.74) is 0. The monoisotopic (exact) mass is 230 g/mol. The molecule has 4 atom stereocenters. The average Bonchev–Trinajstić information content (AvgIpc) is 2.51. The van der Waals surface area contributed by atoms with E-state index in [4.69, 9.17) is 18.9 Å². The maximum absolute atomic E-state index is 11.4. The van der Waals surface area contributed by atoms with Crippen LogP contribution in [0.2, 0.25) is 0 Å². The van der Waals surface area contributed by atoms with Crippen LogP contribution in [-0.4, -0.2) is 49.6 Å². The molecule has 2 fully saturated rings. The van der Waals surface area contributed by atoms with Gasteiger partial charge in [-0.2, -0.15) is 0 Å². The number of rotatable bonds is 2. The summed E-state index contributed by atoms with van der Waals surface area (Å²) in [7, 11) is 1.40. The molecule has 0 aromatic heterocycles. The number of aldehydes is 1. The lowest BCUT2D eigenvalue weighted by atomic mass is 10.0. The number of ether oxygens (including phenoxy) is 4. The standard InChI is InChI=1S/C10H14O6/c1-10(2)15-5(4-11)6-7(16-10)8(13-3)9(12)14-6/h4-8H,1-3H3. The van der Waals surface area contributed by atoms with Gasteiger partial charge in [-0.1, -0.05) is 0 Å². The Balaban J connectivity index is 2.26. The molecule has 0 spiro atoms. The highest BCUT2D eigenvalue weighted by atomic mass is 16.8. The molecule has 0 aliphatic carbocycles. The van der Waals surface area contributed by atoms with E-state index in [0.29, 0.717) is 6.29 Å². The van der Waals surface area contributed by atoms with Crippen LogP contribution in [0, 0.1) is 0 Å². The fraction of sp³-hybridized carbons (Fsp3) is 0.800. The molecule has 0 aromatic carbocycles. The molecule has 2 heterocycles. The van der Waals surface area contributed by atoms with Gasteiger partial charge in [-0.05, 0) is 13.8 Å². The van der Waals surface area contributed by atoms with Gasteiger partial charge >= 0.3 is 5.97 Å². The van der Waals surface area contributed by atoms with Crippen molar-refractivity contribution >= 4 is 12.3 Å². The van der Waals surface area contributed by atoms with Crippen LogP contribution in [0.3, 0.4) is 0 Å². The quantitative estimate of drug-likeness (QED) is 0.477. The molecule has 90 valence electrons. The first kappa shape index (κ1) is 11.5. The lowest BCUT2D eigenvalue weighted by Crippen LogP contribution is -2.55. The van der Waals surface area contributed by atoms with Crippen molar-refractivity contribution in [3.63, 3.8) is 0 Å². The van der Waals surface area contributed by atoms with E-state index in [1.165, 1.54) is 7.11 Å². The topological polar surface area (TPSA) is 71.1 Å². The highest BCUT2D eigenvalue weighted by molar-refractivity contribution is 5.79. The van der Waals surface area contributed by atoms with Crippen LogP contribution < -0.4 is 0 Å². The summed E-state index contributed by atoms with van der Waals surface area (Å²) >= 11 is 0. The van der Waals surface area contributed by atoms with Gasteiger partial charge in [0.1, 0.15) is 6.10 Å². The molecule has 2 aliphatic rings. The molecule has 0 radical (unpaired) electrons. The molecular formula is C10H14O6. The Morgan fingerprint density at radius 1 is 1.31 bits per heavy atom. The average molecular weight is 230 g/mol. The first-order valence-corrected chi connectivity index (χ1v) is 5.03. The Hall–Kier alpha value is -0.980. The zero-order valence-corrected chi connectivity index (χ0v) is 9.34. The maximum atomic E-state index is 11.4. The Labute approximate surface area is 92.8 Å². The molecule has 0 amide bonds. The Bertz CT molecular complexity index is 312. The number of carbonyl (C=O) groups excluding carboxylic acids is 2. The summed E-state index contributed by atoms with van der Waals surface area (Å²) in [6, 6.07) is 0. The normalized spacial score (nSPS) is 41.3. The third-order valence-corrected chi connectivity index (χ3v) is 2.66. The fourth-order valence-corrected chi connectivity index (χ4v) is 2.04. The molecule has 6 nitrogen and oxygen atoms in total. The summed E-state index contributed by atoms with van der Waals surface area (Å²) in [6.07, 6.45) is -2.30. The van der Waals surface area contributed by atoms with E-state index >= 15 is 0 Å². The molecule has 6 heteroatoms. The smallest absolute Gasteiger partial charge is 0.338 e. The Morgan fingerprint density at radius 3 is 2.56 bits per heavy atom. The molecule has 0 bridgehead atoms. The van der Waals surface area contributed by atoms with E-state index in [1.807, 2.05) is 0 Å². The summed E-state index contributed by atoms with van der Waals surface area (Å²) in [5, 5.41) is 0. The molecule has 16 heavy (non-hydrogen) atoms. The fourth-order valence-electron chi connectivity index (χ4n) is 2.04. The SMILES string of the molecule is COC1C(=O)OC2C(C=O)OC(C)(C)OC12. The van der Waals surface area contributed by atoms with Gasteiger partial charge in [-0.25, -0.2) is 4.79 Å². The van der Waals surface area contributed by atoms with Crippen molar-refractivity contribution in [3.05, 3.63) is 0 Å². The largest absolute Gasteiger partial charge is 0.454 e. The lowest BCUT2D eigenvalue weighted by molar-refractivity contribution is -0.318. The Morgan fingerprint density at radius 2 is 2.00 bits per heavy atom. The van der Waals surface area contributed by atoms with E-state index in [9.17, 15) is 9.59 Å². The summed E-state index contributed by atoms with van der Waals surface area (Å²) in [4.78, 5) is 22.3. The van der Waals surface area contributed by atoms with Crippen molar-refractivity contribution < 1.29 is 28.5 Å². The molecule has 0 aromatic rings. The summed E-state index contributed by atoms with van der Waals surface area (Å²) < 4.78 is 20.9. The second-order valence-corrected chi connectivity index (χ2v) is 4.26. The maximum Gasteiger partial charge on any atom is 0.338 e. The van der Waals surface area contributed by atoms with Crippen LogP contribution in [-0.2, 0) is 28.5 Å². The van der Waals surface area contributed by atoms with Crippen LogP contribution in [0.15, 0.2) is 0 Å². The van der Waals surface area contributed by atoms with Crippen LogP contribution in [0.4, 0.5) is 0 Å². The van der Waals surface area contributed by atoms with Gasteiger partial charge in [0.05, 0.1) is 0 Å². The van der Waals surface area contributed by atoms with E-state index in [2.05, 4.69) is 0 Å². The zero-order chi connectivity index (χ0) is 11.9. The summed E-state index contributed by atoms with van der Waals surface area (Å²) in [6.45, 7) is 3.35. The van der Waals surface area contributed by atoms with Gasteiger partial charge in [0.15, 0.2) is 30.4 Å². The highest BCUT2D eigenvalue weighted by Crippen LogP contribution is 2.34. The molecular weight excluding hydrogens is 216 g/mol. The first-order valence-electron chi connectivity index (χ1n) is 5.03. The number of hydrogen-bond donors (Lipinski definition) is 0. The molecule has 4 unspecified atom stereocenters. The van der Waals surface area contributed by atoms with Crippen molar-refractivity contribution in [1.29, 1.82) is 0 Å². The predicted octanol–water partition coefficient (Wildman–Crippen LogP) is -0.354. The second kappa shape index (κ2) is 3.80. The van der Waals surface area contributed by atoms with E-state index in [1.54, 1.807) is 13.8 Å². The number of esters is 1. The molecule has 0 saturated carbocycles. The highest BCUT2D eigenvalue weighted by Gasteiger charge is 2.56. The molecule has 2 aliphatic heterocycles. The number of hydrogen-bond acceptors (Lipinski definition) is 6. The van der Waals surface area contributed by atoms with Gasteiger partial charge in [0.2, 0.25) is 0 Å². The van der Waals surface area contributed by atoms with Crippen LogP contribution in [0.25, 0.3) is 0 Å². The van der Waals surface area contributed by atoms with E-state index < -0.39 is 36.2 Å². The van der Waals surface area contributed by atoms with Crippen molar-refractivity contribution in [1.82, 2.24) is 0 Å². The van der Waals surface area contributed by atoms with Crippen LogP contribution in [0.1, 0.15) is 13.8 Å². The van der Waals surface area contributed by atoms with Crippen LogP contribution >= 0.6 is 0 Å². The van der Waals surface area contributed by atoms with E-state index in [-0.39, 0.29) is 0 Å². The number of carbonyl (C=O) groups is 2. The van der Waals surface area contributed by atoms with Crippen molar-refractivity contribution in [2.75, 3.05) is 7.11 Å². The zero-order valence-electron chi connectivity index (χ0n) is 9.34. The Kier molecular flexibility index (Phi) is 2.73. The summed E-state index contributed by atoms with van der Waals surface area (Å²) in [5.74, 6) is -1.46. The van der Waals surface area contributed by atoms with Gasteiger partial charge in [0, 0.05) is 7.11 Å². The number of methoxy groups -OCH3 is 1. The molecule has 0 N–H and O–H groups in total. The first-order chi connectivity index (χ1) is 7.48. The van der Waals surface area contributed by atoms with Crippen molar-refractivity contribution in [2.24, 2.45) is 0 Å². The van der Waals surface area contributed by atoms with Crippen molar-refractivity contribution in [3.8, 4) is 0 Å². The third-order valence-electron chi connectivity index (χ3n) is 2.66. The minimum Gasteiger partial charge on any atom is -0.454 e. The predicted molar refractivity (Wildman–Crippen MR) is 50.6 cm³/mol. The van der Waals surface area contributed by atoms with Crippen molar-refractivity contribution in [2.45, 2.75) is 44.1 Å². The van der Waals surface area contributed by atoms with Gasteiger partial charge < -0.3 is 23.7 Å². The lowest BCUT2D eigenvalue weighted by Gasteiger charge is -2.40. The number of fused-ring (bicyclic) bond motifs is 1. The van der Waals surface area contributed by atoms with Gasteiger partial charge in [0.25, 0.3) is 0 Å². The minimum atomic E-state index is -0.933. The third kappa shape index (κ3) is 1.73. The van der Waals surface area contributed by atoms with E-state index in [0.717, 1.165) is 0 Å².